The van der Waals surface area contributed by atoms with Gasteiger partial charge in [-0.25, -0.2) is 9.37 Å². The Morgan fingerprint density at radius 1 is 1.56 bits per heavy atom. The Bertz CT molecular complexity index is 425. The Labute approximate surface area is 112 Å². The van der Waals surface area contributed by atoms with Crippen molar-refractivity contribution >= 4 is 17.5 Å². The minimum atomic E-state index is -0.570. The van der Waals surface area contributed by atoms with Gasteiger partial charge in [0, 0.05) is 6.04 Å². The highest BCUT2D eigenvalue weighted by atomic mass is 35.5. The maximum atomic E-state index is 13.0. The molecule has 0 aliphatic carbocycles. The van der Waals surface area contributed by atoms with Crippen molar-refractivity contribution in [3.8, 4) is 0 Å². The highest BCUT2D eigenvalue weighted by Gasteiger charge is 2.16. The van der Waals surface area contributed by atoms with Crippen LogP contribution in [0.2, 0.25) is 5.15 Å². The number of carbonyl (C=O) groups is 1. The molecule has 0 fully saturated rings. The van der Waals surface area contributed by atoms with Crippen molar-refractivity contribution < 1.29 is 9.18 Å². The molecule has 1 aromatic rings. The number of carbonyl (C=O) groups excluding carboxylic acids is 1. The largest absolute Gasteiger partial charge is 0.349 e. The van der Waals surface area contributed by atoms with Crippen LogP contribution in [0.1, 0.15) is 44.0 Å². The van der Waals surface area contributed by atoms with Crippen LogP contribution in [0.15, 0.2) is 12.3 Å². The third kappa shape index (κ3) is 4.26. The minimum Gasteiger partial charge on any atom is -0.349 e. The van der Waals surface area contributed by atoms with E-state index >= 15 is 0 Å². The SMILES string of the molecule is CCC(C)CC(C)NC(=O)c1cc(F)cnc1Cl. The minimum absolute atomic E-state index is 0.0182. The highest BCUT2D eigenvalue weighted by molar-refractivity contribution is 6.32. The maximum absolute atomic E-state index is 13.0. The van der Waals surface area contributed by atoms with Crippen LogP contribution in [0.3, 0.4) is 0 Å². The molecule has 0 aliphatic heterocycles. The van der Waals surface area contributed by atoms with E-state index in [9.17, 15) is 9.18 Å². The molecule has 0 radical (unpaired) electrons. The molecule has 1 heterocycles. The number of amides is 1. The van der Waals surface area contributed by atoms with Gasteiger partial charge in [-0.3, -0.25) is 4.79 Å². The molecule has 100 valence electrons. The first kappa shape index (κ1) is 14.9. The molecule has 1 N–H and O–H groups in total. The first-order valence-corrected chi connectivity index (χ1v) is 6.43. The molecule has 3 nitrogen and oxygen atoms in total. The van der Waals surface area contributed by atoms with E-state index in [1.165, 1.54) is 0 Å². The molecule has 0 saturated carbocycles. The summed E-state index contributed by atoms with van der Waals surface area (Å²) >= 11 is 5.77. The topological polar surface area (TPSA) is 42.0 Å². The highest BCUT2D eigenvalue weighted by Crippen LogP contribution is 2.15. The van der Waals surface area contributed by atoms with Gasteiger partial charge in [0.2, 0.25) is 0 Å². The lowest BCUT2D eigenvalue weighted by Gasteiger charge is -2.17. The van der Waals surface area contributed by atoms with E-state index in [0.717, 1.165) is 25.1 Å². The summed E-state index contributed by atoms with van der Waals surface area (Å²) in [5.41, 5.74) is 0.0765. The average molecular weight is 273 g/mol. The number of rotatable bonds is 5. The summed E-state index contributed by atoms with van der Waals surface area (Å²) in [6.45, 7) is 6.15. The van der Waals surface area contributed by atoms with Crippen LogP contribution < -0.4 is 5.32 Å². The first-order valence-electron chi connectivity index (χ1n) is 6.06. The van der Waals surface area contributed by atoms with Gasteiger partial charge < -0.3 is 5.32 Å². The predicted octanol–water partition coefficient (Wildman–Crippen LogP) is 3.43. The van der Waals surface area contributed by atoms with Crippen molar-refractivity contribution in [2.45, 2.75) is 39.7 Å². The molecular formula is C13H18ClFN2O. The van der Waals surface area contributed by atoms with Crippen LogP contribution in [-0.4, -0.2) is 16.9 Å². The van der Waals surface area contributed by atoms with E-state index in [1.807, 2.05) is 6.92 Å². The van der Waals surface area contributed by atoms with Crippen LogP contribution in [0.25, 0.3) is 0 Å². The zero-order valence-electron chi connectivity index (χ0n) is 10.8. The molecule has 1 rings (SSSR count). The van der Waals surface area contributed by atoms with E-state index in [0.29, 0.717) is 5.92 Å². The lowest BCUT2D eigenvalue weighted by atomic mass is 10.0. The second-order valence-corrected chi connectivity index (χ2v) is 4.97. The van der Waals surface area contributed by atoms with Gasteiger partial charge in [0.15, 0.2) is 0 Å². The van der Waals surface area contributed by atoms with E-state index in [1.54, 1.807) is 0 Å². The van der Waals surface area contributed by atoms with Crippen molar-refractivity contribution in [2.75, 3.05) is 0 Å². The van der Waals surface area contributed by atoms with E-state index in [-0.39, 0.29) is 22.7 Å². The third-order valence-electron chi connectivity index (χ3n) is 2.88. The van der Waals surface area contributed by atoms with Crippen LogP contribution in [0, 0.1) is 11.7 Å². The number of nitrogens with zero attached hydrogens (tertiary/aromatic N) is 1. The van der Waals surface area contributed by atoms with Crippen LogP contribution in [-0.2, 0) is 0 Å². The third-order valence-corrected chi connectivity index (χ3v) is 3.18. The molecule has 1 amide bonds. The average Bonchev–Trinajstić information content (AvgIpc) is 2.31. The molecule has 2 unspecified atom stereocenters. The number of pyridine rings is 1. The summed E-state index contributed by atoms with van der Waals surface area (Å²) in [5, 5.41) is 2.82. The van der Waals surface area contributed by atoms with Gasteiger partial charge in [-0.05, 0) is 25.3 Å². The van der Waals surface area contributed by atoms with E-state index in [2.05, 4.69) is 24.1 Å². The van der Waals surface area contributed by atoms with Crippen molar-refractivity contribution in [3.63, 3.8) is 0 Å². The van der Waals surface area contributed by atoms with Crippen LogP contribution >= 0.6 is 11.6 Å². The first-order chi connectivity index (χ1) is 8.43. The van der Waals surface area contributed by atoms with Gasteiger partial charge in [0.1, 0.15) is 11.0 Å². The van der Waals surface area contributed by atoms with Gasteiger partial charge in [-0.1, -0.05) is 31.9 Å². The monoisotopic (exact) mass is 272 g/mol. The summed E-state index contributed by atoms with van der Waals surface area (Å²) in [5.74, 6) is -0.427. The number of hydrogen-bond donors (Lipinski definition) is 1. The van der Waals surface area contributed by atoms with E-state index in [4.69, 9.17) is 11.6 Å². The molecule has 0 aromatic carbocycles. The van der Waals surface area contributed by atoms with Crippen molar-refractivity contribution in [2.24, 2.45) is 5.92 Å². The summed E-state index contributed by atoms with van der Waals surface area (Å²) in [6, 6.07) is 1.12. The molecule has 0 saturated heterocycles. The Balaban J connectivity index is 2.67. The smallest absolute Gasteiger partial charge is 0.254 e. The van der Waals surface area contributed by atoms with Gasteiger partial charge >= 0.3 is 0 Å². The quantitative estimate of drug-likeness (QED) is 0.835. The van der Waals surface area contributed by atoms with Crippen molar-refractivity contribution in [1.29, 1.82) is 0 Å². The molecule has 0 aliphatic rings. The predicted molar refractivity (Wildman–Crippen MR) is 70.2 cm³/mol. The Hall–Kier alpha value is -1.16. The van der Waals surface area contributed by atoms with Gasteiger partial charge in [-0.15, -0.1) is 0 Å². The van der Waals surface area contributed by atoms with Crippen LogP contribution in [0.5, 0.6) is 0 Å². The zero-order chi connectivity index (χ0) is 13.7. The fourth-order valence-corrected chi connectivity index (χ4v) is 1.90. The molecular weight excluding hydrogens is 255 g/mol. The summed E-state index contributed by atoms with van der Waals surface area (Å²) in [7, 11) is 0. The van der Waals surface area contributed by atoms with E-state index < -0.39 is 5.82 Å². The second kappa shape index (κ2) is 6.69. The fourth-order valence-electron chi connectivity index (χ4n) is 1.71. The zero-order valence-corrected chi connectivity index (χ0v) is 11.6. The standard InChI is InChI=1S/C13H18ClFN2O/c1-4-8(2)5-9(3)17-13(18)11-6-10(15)7-16-12(11)14/h6-9H,4-5H2,1-3H3,(H,17,18). The number of hydrogen-bond acceptors (Lipinski definition) is 2. The molecule has 18 heavy (non-hydrogen) atoms. The van der Waals surface area contributed by atoms with Gasteiger partial charge in [-0.2, -0.15) is 0 Å². The molecule has 2 atom stereocenters. The number of halogens is 2. The lowest BCUT2D eigenvalue weighted by molar-refractivity contribution is 0.0934. The Morgan fingerprint density at radius 3 is 2.83 bits per heavy atom. The number of nitrogens with one attached hydrogen (secondary N) is 1. The summed E-state index contributed by atoms with van der Waals surface area (Å²) in [6.07, 6.45) is 2.92. The number of aromatic nitrogens is 1. The Kier molecular flexibility index (Phi) is 5.54. The van der Waals surface area contributed by atoms with Crippen LogP contribution in [0.4, 0.5) is 4.39 Å². The van der Waals surface area contributed by atoms with Gasteiger partial charge in [0.25, 0.3) is 5.91 Å². The Morgan fingerprint density at radius 2 is 2.22 bits per heavy atom. The molecule has 0 spiro atoms. The molecule has 0 bridgehead atoms. The fraction of sp³-hybridized carbons (Fsp3) is 0.538. The second-order valence-electron chi connectivity index (χ2n) is 4.62. The molecule has 5 heteroatoms. The van der Waals surface area contributed by atoms with Crippen molar-refractivity contribution in [3.05, 3.63) is 28.8 Å². The molecule has 1 aromatic heterocycles. The summed E-state index contributed by atoms with van der Waals surface area (Å²) < 4.78 is 13.0. The maximum Gasteiger partial charge on any atom is 0.254 e. The van der Waals surface area contributed by atoms with Gasteiger partial charge in [0.05, 0.1) is 11.8 Å². The normalized spacial score (nSPS) is 14.1. The lowest BCUT2D eigenvalue weighted by Crippen LogP contribution is -2.34. The van der Waals surface area contributed by atoms with Crippen molar-refractivity contribution in [1.82, 2.24) is 10.3 Å². The summed E-state index contributed by atoms with van der Waals surface area (Å²) in [4.78, 5) is 15.5.